The fourth-order valence-electron chi connectivity index (χ4n) is 2.87. The summed E-state index contributed by atoms with van der Waals surface area (Å²) in [7, 11) is 1.56. The molecule has 0 saturated carbocycles. The maximum absolute atomic E-state index is 12.8. The van der Waals surface area contributed by atoms with Gasteiger partial charge in [0.15, 0.2) is 0 Å². The molecule has 164 valence electrons. The van der Waals surface area contributed by atoms with Crippen molar-refractivity contribution in [3.63, 3.8) is 0 Å². The van der Waals surface area contributed by atoms with E-state index in [-0.39, 0.29) is 5.92 Å². The number of hydrazine groups is 1. The van der Waals surface area contributed by atoms with Gasteiger partial charge in [-0.2, -0.15) is 0 Å². The van der Waals surface area contributed by atoms with Gasteiger partial charge in [-0.15, -0.1) is 0 Å². The van der Waals surface area contributed by atoms with Crippen molar-refractivity contribution in [2.24, 2.45) is 5.92 Å². The summed E-state index contributed by atoms with van der Waals surface area (Å²) in [5.74, 6) is -0.214. The number of hydrogen-bond acceptors (Lipinski definition) is 5. The van der Waals surface area contributed by atoms with Crippen molar-refractivity contribution in [3.8, 4) is 5.75 Å². The molecule has 1 heterocycles. The largest absolute Gasteiger partial charge is 0.496 e. The van der Waals surface area contributed by atoms with Crippen molar-refractivity contribution in [2.45, 2.75) is 52.7 Å². The maximum atomic E-state index is 12.8. The molecule has 9 heteroatoms. The van der Waals surface area contributed by atoms with E-state index in [9.17, 15) is 14.4 Å². The zero-order chi connectivity index (χ0) is 22.5. The predicted molar refractivity (Wildman–Crippen MR) is 113 cm³/mol. The van der Waals surface area contributed by atoms with Crippen molar-refractivity contribution < 1.29 is 23.9 Å². The highest BCUT2D eigenvalue weighted by molar-refractivity contribution is 6.01. The molecule has 0 saturated heterocycles. The highest BCUT2D eigenvalue weighted by Gasteiger charge is 2.25. The van der Waals surface area contributed by atoms with Crippen LogP contribution in [0.5, 0.6) is 5.75 Å². The van der Waals surface area contributed by atoms with E-state index in [1.54, 1.807) is 40.0 Å². The molecule has 0 aliphatic carbocycles. The van der Waals surface area contributed by atoms with Gasteiger partial charge in [0.2, 0.25) is 0 Å². The molecule has 3 amide bonds. The van der Waals surface area contributed by atoms with E-state index in [0.29, 0.717) is 17.9 Å². The van der Waals surface area contributed by atoms with Crippen LogP contribution in [0, 0.1) is 5.92 Å². The minimum Gasteiger partial charge on any atom is -0.496 e. The molecular formula is C21H30N4O5. The molecule has 2 rings (SSSR count). The van der Waals surface area contributed by atoms with Crippen molar-refractivity contribution in [1.82, 2.24) is 21.2 Å². The Morgan fingerprint density at radius 3 is 2.43 bits per heavy atom. The van der Waals surface area contributed by atoms with Crippen molar-refractivity contribution >= 4 is 28.8 Å². The van der Waals surface area contributed by atoms with E-state index >= 15 is 0 Å². The Bertz CT molecular complexity index is 914. The third-order valence-corrected chi connectivity index (χ3v) is 4.10. The standard InChI is InChI=1S/C21H30N4O5/c1-12(2)10-15(19(27)24-25-20(28)30-21(3,4)5)23-18(26)16-11-13-14(22-16)8-7-9-17(13)29-6/h7-9,11-12,15,22H,10H2,1-6H3,(H,23,26)(H,24,27)(H,25,28)/t15-/m0/s1. The van der Waals surface area contributed by atoms with Crippen LogP contribution in [0.1, 0.15) is 51.5 Å². The van der Waals surface area contributed by atoms with Gasteiger partial charge in [-0.05, 0) is 51.3 Å². The van der Waals surface area contributed by atoms with E-state index in [1.807, 2.05) is 26.0 Å². The third kappa shape index (κ3) is 6.40. The maximum Gasteiger partial charge on any atom is 0.426 e. The van der Waals surface area contributed by atoms with Crippen LogP contribution in [0.15, 0.2) is 24.3 Å². The molecule has 30 heavy (non-hydrogen) atoms. The molecule has 4 N–H and O–H groups in total. The lowest BCUT2D eigenvalue weighted by atomic mass is 10.0. The summed E-state index contributed by atoms with van der Waals surface area (Å²) >= 11 is 0. The van der Waals surface area contributed by atoms with E-state index in [0.717, 1.165) is 10.9 Å². The molecular weight excluding hydrogens is 388 g/mol. The zero-order valence-electron chi connectivity index (χ0n) is 18.2. The van der Waals surface area contributed by atoms with Crippen LogP contribution in [0.4, 0.5) is 4.79 Å². The highest BCUT2D eigenvalue weighted by atomic mass is 16.6. The second kappa shape index (κ2) is 9.51. The summed E-state index contributed by atoms with van der Waals surface area (Å²) in [5.41, 5.74) is 4.86. The number of aromatic nitrogens is 1. The number of hydrogen-bond donors (Lipinski definition) is 4. The second-order valence-electron chi connectivity index (χ2n) is 8.38. The molecule has 0 bridgehead atoms. The summed E-state index contributed by atoms with van der Waals surface area (Å²) in [6, 6.07) is 6.27. The van der Waals surface area contributed by atoms with Crippen molar-refractivity contribution in [2.75, 3.05) is 7.11 Å². The highest BCUT2D eigenvalue weighted by Crippen LogP contribution is 2.26. The Kier molecular flexibility index (Phi) is 7.31. The lowest BCUT2D eigenvalue weighted by Gasteiger charge is -2.22. The lowest BCUT2D eigenvalue weighted by Crippen LogP contribution is -2.53. The number of rotatable bonds is 6. The van der Waals surface area contributed by atoms with Crippen molar-refractivity contribution in [3.05, 3.63) is 30.0 Å². The number of methoxy groups -OCH3 is 1. The minimum absolute atomic E-state index is 0.130. The molecule has 1 atom stereocenters. The Labute approximate surface area is 175 Å². The number of nitrogens with one attached hydrogen (secondary N) is 4. The average molecular weight is 418 g/mol. The number of ether oxygens (including phenoxy) is 2. The van der Waals surface area contributed by atoms with Gasteiger partial charge in [-0.25, -0.2) is 10.2 Å². The Morgan fingerprint density at radius 1 is 1.13 bits per heavy atom. The molecule has 9 nitrogen and oxygen atoms in total. The monoisotopic (exact) mass is 418 g/mol. The quantitative estimate of drug-likeness (QED) is 0.538. The Morgan fingerprint density at radius 2 is 1.83 bits per heavy atom. The predicted octanol–water partition coefficient (Wildman–Crippen LogP) is 2.88. The molecule has 1 aromatic carbocycles. The molecule has 0 fully saturated rings. The van der Waals surface area contributed by atoms with Gasteiger partial charge >= 0.3 is 6.09 Å². The summed E-state index contributed by atoms with van der Waals surface area (Å²) in [5, 5.41) is 3.49. The van der Waals surface area contributed by atoms with Gasteiger partial charge in [0.05, 0.1) is 7.11 Å². The summed E-state index contributed by atoms with van der Waals surface area (Å²) < 4.78 is 10.4. The summed E-state index contributed by atoms with van der Waals surface area (Å²) in [6.45, 7) is 9.01. The molecule has 1 aromatic heterocycles. The van der Waals surface area contributed by atoms with E-state index in [2.05, 4.69) is 21.2 Å². The first-order valence-electron chi connectivity index (χ1n) is 9.75. The van der Waals surface area contributed by atoms with Crippen LogP contribution in [0.3, 0.4) is 0 Å². The Balaban J connectivity index is 2.09. The van der Waals surface area contributed by atoms with Gasteiger partial charge in [0.1, 0.15) is 23.1 Å². The minimum atomic E-state index is -0.847. The van der Waals surface area contributed by atoms with E-state index < -0.39 is 29.6 Å². The third-order valence-electron chi connectivity index (χ3n) is 4.10. The Hall–Kier alpha value is -3.23. The van der Waals surface area contributed by atoms with Crippen LogP contribution in [-0.2, 0) is 9.53 Å². The van der Waals surface area contributed by atoms with Crippen LogP contribution in [0.25, 0.3) is 10.9 Å². The van der Waals surface area contributed by atoms with Crippen LogP contribution < -0.4 is 20.9 Å². The molecule has 0 aliphatic heterocycles. The topological polar surface area (TPSA) is 122 Å². The number of carbonyl (C=O) groups is 3. The van der Waals surface area contributed by atoms with Crippen LogP contribution >= 0.6 is 0 Å². The fraction of sp³-hybridized carbons (Fsp3) is 0.476. The molecule has 2 aromatic rings. The SMILES string of the molecule is COc1cccc2[nH]c(C(=O)N[C@@H](CC(C)C)C(=O)NNC(=O)OC(C)(C)C)cc12. The van der Waals surface area contributed by atoms with Crippen LogP contribution in [0.2, 0.25) is 0 Å². The number of aromatic amines is 1. The van der Waals surface area contributed by atoms with Gasteiger partial charge in [-0.3, -0.25) is 15.0 Å². The first kappa shape index (κ1) is 23.1. The molecule has 0 unspecified atom stereocenters. The normalized spacial score (nSPS) is 12.4. The first-order valence-corrected chi connectivity index (χ1v) is 9.75. The molecule has 0 aliphatic rings. The molecule has 0 radical (unpaired) electrons. The number of carbonyl (C=O) groups excluding carboxylic acids is 3. The average Bonchev–Trinajstić information content (AvgIpc) is 3.08. The number of fused-ring (bicyclic) bond motifs is 1. The van der Waals surface area contributed by atoms with Gasteiger partial charge in [0, 0.05) is 10.9 Å². The summed E-state index contributed by atoms with van der Waals surface area (Å²) in [4.78, 5) is 40.1. The van der Waals surface area contributed by atoms with E-state index in [1.165, 1.54) is 0 Å². The van der Waals surface area contributed by atoms with Gasteiger partial charge in [0.25, 0.3) is 11.8 Å². The van der Waals surface area contributed by atoms with Gasteiger partial charge < -0.3 is 19.8 Å². The molecule has 0 spiro atoms. The number of H-pyrrole nitrogens is 1. The fourth-order valence-corrected chi connectivity index (χ4v) is 2.87. The summed E-state index contributed by atoms with van der Waals surface area (Å²) in [6.07, 6.45) is -0.398. The number of amides is 3. The number of benzene rings is 1. The van der Waals surface area contributed by atoms with Gasteiger partial charge in [-0.1, -0.05) is 19.9 Å². The van der Waals surface area contributed by atoms with Crippen molar-refractivity contribution in [1.29, 1.82) is 0 Å². The van der Waals surface area contributed by atoms with Crippen LogP contribution in [-0.4, -0.2) is 41.6 Å². The smallest absolute Gasteiger partial charge is 0.426 e. The zero-order valence-corrected chi connectivity index (χ0v) is 18.2. The lowest BCUT2D eigenvalue weighted by molar-refractivity contribution is -0.124. The van der Waals surface area contributed by atoms with E-state index in [4.69, 9.17) is 9.47 Å². The first-order chi connectivity index (χ1) is 14.0. The second-order valence-corrected chi connectivity index (χ2v) is 8.38.